The molecule has 0 saturated heterocycles. The Hall–Kier alpha value is -0.610. The molecule has 0 radical (unpaired) electrons. The summed E-state index contributed by atoms with van der Waals surface area (Å²) < 4.78 is 5.18. The number of nitrogens with zero attached hydrogens (tertiary/aromatic N) is 1. The third kappa shape index (κ3) is 6.36. The number of hydrogen-bond donors (Lipinski definition) is 1. The topological polar surface area (TPSA) is 41.6 Å². The molecule has 0 aliphatic rings. The maximum absolute atomic E-state index is 12.0. The zero-order valence-corrected chi connectivity index (χ0v) is 12.7. The molecule has 18 heavy (non-hydrogen) atoms. The van der Waals surface area contributed by atoms with Gasteiger partial charge in [-0.3, -0.25) is 4.79 Å². The Balaban J connectivity index is 4.41. The van der Waals surface area contributed by atoms with Crippen molar-refractivity contribution in [2.75, 3.05) is 33.3 Å². The number of carbonyl (C=O) groups excluding carboxylic acids is 1. The first-order valence-corrected chi connectivity index (χ1v) is 7.11. The van der Waals surface area contributed by atoms with Crippen molar-refractivity contribution in [3.05, 3.63) is 0 Å². The Morgan fingerprint density at radius 3 is 2.39 bits per heavy atom. The molecule has 0 heterocycles. The highest BCUT2D eigenvalue weighted by molar-refractivity contribution is 5.80. The normalized spacial score (nSPS) is 14.6. The summed E-state index contributed by atoms with van der Waals surface area (Å²) in [6.45, 7) is 11.3. The molecule has 0 bridgehead atoms. The van der Waals surface area contributed by atoms with Crippen LogP contribution in [0.25, 0.3) is 0 Å². The zero-order chi connectivity index (χ0) is 14.0. The van der Waals surface area contributed by atoms with Gasteiger partial charge in [-0.15, -0.1) is 0 Å². The fourth-order valence-electron chi connectivity index (χ4n) is 1.86. The van der Waals surface area contributed by atoms with Crippen molar-refractivity contribution >= 4 is 5.97 Å². The van der Waals surface area contributed by atoms with Crippen molar-refractivity contribution in [2.24, 2.45) is 0 Å². The minimum absolute atomic E-state index is 0.136. The minimum atomic E-state index is -0.561. The third-order valence-corrected chi connectivity index (χ3v) is 3.09. The Morgan fingerprint density at radius 2 is 1.89 bits per heavy atom. The predicted molar refractivity (Wildman–Crippen MR) is 75.7 cm³/mol. The first-order valence-electron chi connectivity index (χ1n) is 7.11. The SMILES string of the molecule is CCCNC(C)(CCN(C)CCC)C(=O)OCC. The summed E-state index contributed by atoms with van der Waals surface area (Å²) >= 11 is 0. The lowest BCUT2D eigenvalue weighted by atomic mass is 9.97. The Morgan fingerprint density at radius 1 is 1.22 bits per heavy atom. The van der Waals surface area contributed by atoms with Crippen LogP contribution in [0.2, 0.25) is 0 Å². The van der Waals surface area contributed by atoms with Gasteiger partial charge in [0.2, 0.25) is 0 Å². The second-order valence-electron chi connectivity index (χ2n) is 5.03. The van der Waals surface area contributed by atoms with Gasteiger partial charge in [0, 0.05) is 6.54 Å². The number of nitrogens with one attached hydrogen (secondary N) is 1. The lowest BCUT2D eigenvalue weighted by Crippen LogP contribution is -2.52. The van der Waals surface area contributed by atoms with Gasteiger partial charge in [0.15, 0.2) is 0 Å². The summed E-state index contributed by atoms with van der Waals surface area (Å²) in [4.78, 5) is 14.3. The van der Waals surface area contributed by atoms with E-state index in [1.165, 1.54) is 0 Å². The fourth-order valence-corrected chi connectivity index (χ4v) is 1.86. The molecule has 0 aliphatic carbocycles. The van der Waals surface area contributed by atoms with E-state index in [9.17, 15) is 4.79 Å². The number of esters is 1. The molecule has 1 N–H and O–H groups in total. The van der Waals surface area contributed by atoms with Crippen molar-refractivity contribution in [1.82, 2.24) is 10.2 Å². The molecule has 0 rings (SSSR count). The number of carbonyl (C=O) groups is 1. The second kappa shape index (κ2) is 9.34. The van der Waals surface area contributed by atoms with Crippen LogP contribution in [-0.2, 0) is 9.53 Å². The van der Waals surface area contributed by atoms with Crippen LogP contribution in [0.1, 0.15) is 47.0 Å². The molecule has 0 aromatic heterocycles. The van der Waals surface area contributed by atoms with Gasteiger partial charge in [-0.1, -0.05) is 13.8 Å². The van der Waals surface area contributed by atoms with E-state index in [1.807, 2.05) is 13.8 Å². The summed E-state index contributed by atoms with van der Waals surface area (Å²) in [6.07, 6.45) is 2.93. The van der Waals surface area contributed by atoms with Gasteiger partial charge in [-0.05, 0) is 53.2 Å². The average Bonchev–Trinajstić information content (AvgIpc) is 2.34. The lowest BCUT2D eigenvalue weighted by Gasteiger charge is -2.30. The van der Waals surface area contributed by atoms with Gasteiger partial charge in [0.25, 0.3) is 0 Å². The van der Waals surface area contributed by atoms with Crippen molar-refractivity contribution in [3.63, 3.8) is 0 Å². The van der Waals surface area contributed by atoms with E-state index in [4.69, 9.17) is 4.74 Å². The third-order valence-electron chi connectivity index (χ3n) is 3.09. The Kier molecular flexibility index (Phi) is 9.02. The summed E-state index contributed by atoms with van der Waals surface area (Å²) in [5, 5.41) is 3.33. The van der Waals surface area contributed by atoms with Gasteiger partial charge >= 0.3 is 5.97 Å². The van der Waals surface area contributed by atoms with Crippen molar-refractivity contribution in [2.45, 2.75) is 52.5 Å². The first-order chi connectivity index (χ1) is 8.50. The molecule has 4 heteroatoms. The monoisotopic (exact) mass is 258 g/mol. The van der Waals surface area contributed by atoms with Crippen molar-refractivity contribution < 1.29 is 9.53 Å². The summed E-state index contributed by atoms with van der Waals surface area (Å²) in [5.41, 5.74) is -0.561. The van der Waals surface area contributed by atoms with Crippen LogP contribution < -0.4 is 5.32 Å². The highest BCUT2D eigenvalue weighted by atomic mass is 16.5. The fraction of sp³-hybridized carbons (Fsp3) is 0.929. The van der Waals surface area contributed by atoms with E-state index in [2.05, 4.69) is 31.1 Å². The van der Waals surface area contributed by atoms with Gasteiger partial charge in [-0.2, -0.15) is 0 Å². The van der Waals surface area contributed by atoms with Gasteiger partial charge in [0.1, 0.15) is 5.54 Å². The van der Waals surface area contributed by atoms with Crippen LogP contribution in [0, 0.1) is 0 Å². The zero-order valence-electron chi connectivity index (χ0n) is 12.7. The van der Waals surface area contributed by atoms with Gasteiger partial charge in [-0.25, -0.2) is 0 Å². The van der Waals surface area contributed by atoms with Crippen molar-refractivity contribution in [3.8, 4) is 0 Å². The number of rotatable bonds is 10. The molecule has 108 valence electrons. The van der Waals surface area contributed by atoms with Crippen LogP contribution in [0.3, 0.4) is 0 Å². The van der Waals surface area contributed by atoms with E-state index in [-0.39, 0.29) is 5.97 Å². The molecule has 0 aliphatic heterocycles. The van der Waals surface area contributed by atoms with E-state index < -0.39 is 5.54 Å². The van der Waals surface area contributed by atoms with Crippen LogP contribution in [-0.4, -0.2) is 49.7 Å². The molecule has 1 unspecified atom stereocenters. The molecule has 4 nitrogen and oxygen atoms in total. The number of hydrogen-bond acceptors (Lipinski definition) is 4. The van der Waals surface area contributed by atoms with Gasteiger partial charge < -0.3 is 15.0 Å². The smallest absolute Gasteiger partial charge is 0.326 e. The number of ether oxygens (including phenoxy) is 1. The standard InChI is InChI=1S/C14H30N2O2/c1-6-10-15-14(4,13(17)18-8-3)9-12-16(5)11-7-2/h15H,6-12H2,1-5H3. The molecule has 0 aromatic rings. The molecular formula is C14H30N2O2. The molecule has 0 fully saturated rings. The average molecular weight is 258 g/mol. The molecule has 0 amide bonds. The van der Waals surface area contributed by atoms with Crippen LogP contribution in [0.5, 0.6) is 0 Å². The maximum atomic E-state index is 12.0. The highest BCUT2D eigenvalue weighted by Gasteiger charge is 2.33. The van der Waals surface area contributed by atoms with E-state index in [0.29, 0.717) is 6.61 Å². The van der Waals surface area contributed by atoms with Crippen LogP contribution >= 0.6 is 0 Å². The molecule has 0 aromatic carbocycles. The highest BCUT2D eigenvalue weighted by Crippen LogP contribution is 2.13. The Bertz CT molecular complexity index is 234. The maximum Gasteiger partial charge on any atom is 0.326 e. The quantitative estimate of drug-likeness (QED) is 0.609. The van der Waals surface area contributed by atoms with Gasteiger partial charge in [0.05, 0.1) is 6.61 Å². The molecule has 0 saturated carbocycles. The minimum Gasteiger partial charge on any atom is -0.465 e. The van der Waals surface area contributed by atoms with E-state index in [0.717, 1.165) is 38.9 Å². The molecule has 0 spiro atoms. The van der Waals surface area contributed by atoms with E-state index in [1.54, 1.807) is 0 Å². The summed E-state index contributed by atoms with van der Waals surface area (Å²) in [6, 6.07) is 0. The predicted octanol–water partition coefficient (Wildman–Crippen LogP) is 2.04. The summed E-state index contributed by atoms with van der Waals surface area (Å²) in [7, 11) is 2.09. The van der Waals surface area contributed by atoms with Crippen molar-refractivity contribution in [1.29, 1.82) is 0 Å². The van der Waals surface area contributed by atoms with Crippen LogP contribution in [0.15, 0.2) is 0 Å². The Labute approximate surface area is 112 Å². The molecular weight excluding hydrogens is 228 g/mol. The first kappa shape index (κ1) is 17.4. The van der Waals surface area contributed by atoms with E-state index >= 15 is 0 Å². The summed E-state index contributed by atoms with van der Waals surface area (Å²) in [5.74, 6) is -0.136. The largest absolute Gasteiger partial charge is 0.465 e. The molecule has 1 atom stereocenters. The lowest BCUT2D eigenvalue weighted by molar-refractivity contribution is -0.151. The van der Waals surface area contributed by atoms with Crippen LogP contribution in [0.4, 0.5) is 0 Å². The second-order valence-corrected chi connectivity index (χ2v) is 5.03.